The molecule has 4 rings (SSSR count). The summed E-state index contributed by atoms with van der Waals surface area (Å²) in [5.41, 5.74) is 1.93. The van der Waals surface area contributed by atoms with Crippen LogP contribution in [0, 0.1) is 5.82 Å². The van der Waals surface area contributed by atoms with Crippen molar-refractivity contribution < 1.29 is 9.13 Å². The molecule has 1 heterocycles. The van der Waals surface area contributed by atoms with Crippen molar-refractivity contribution in [2.75, 3.05) is 5.32 Å². The minimum absolute atomic E-state index is 0.256. The highest BCUT2D eigenvalue weighted by atomic mass is 19.1. The van der Waals surface area contributed by atoms with Crippen LogP contribution in [0.2, 0.25) is 0 Å². The molecule has 7 heteroatoms. The van der Waals surface area contributed by atoms with Crippen molar-refractivity contribution >= 4 is 16.7 Å². The van der Waals surface area contributed by atoms with Crippen LogP contribution in [-0.2, 0) is 19.7 Å². The van der Waals surface area contributed by atoms with Crippen LogP contribution < -0.4 is 10.1 Å². The Balaban J connectivity index is 1.61. The van der Waals surface area contributed by atoms with Crippen LogP contribution in [0.3, 0.4) is 0 Å². The molecule has 1 aromatic heterocycles. The summed E-state index contributed by atoms with van der Waals surface area (Å²) >= 11 is 0. The Morgan fingerprint density at radius 2 is 1.86 bits per heavy atom. The summed E-state index contributed by atoms with van der Waals surface area (Å²) < 4.78 is 20.9. The average Bonchev–Trinajstić information content (AvgIpc) is 3.19. The van der Waals surface area contributed by atoms with E-state index in [1.54, 1.807) is 16.8 Å². The van der Waals surface area contributed by atoms with E-state index >= 15 is 0 Å². The number of benzene rings is 3. The number of nitrogens with one attached hydrogen (secondary N) is 1. The van der Waals surface area contributed by atoms with Crippen LogP contribution in [0.4, 0.5) is 10.3 Å². The summed E-state index contributed by atoms with van der Waals surface area (Å²) in [5, 5.41) is 17.2. The third-order valence-electron chi connectivity index (χ3n) is 4.56. The molecule has 0 bridgehead atoms. The van der Waals surface area contributed by atoms with Gasteiger partial charge in [-0.1, -0.05) is 47.6 Å². The van der Waals surface area contributed by atoms with Gasteiger partial charge in [-0.15, -0.1) is 0 Å². The third kappa shape index (κ3) is 3.78. The molecule has 0 fully saturated rings. The molecule has 3 aromatic carbocycles. The molecule has 0 radical (unpaired) electrons. The number of aryl methyl sites for hydroxylation is 1. The number of rotatable bonds is 7. The van der Waals surface area contributed by atoms with Gasteiger partial charge in [0.1, 0.15) is 18.2 Å². The molecule has 0 unspecified atom stereocenters. The van der Waals surface area contributed by atoms with Gasteiger partial charge in [0.15, 0.2) is 0 Å². The van der Waals surface area contributed by atoms with Gasteiger partial charge in [-0.3, -0.25) is 0 Å². The molecule has 4 aromatic rings. The van der Waals surface area contributed by atoms with E-state index in [-0.39, 0.29) is 5.82 Å². The van der Waals surface area contributed by atoms with Gasteiger partial charge in [0, 0.05) is 18.7 Å². The fraction of sp³-hybridized carbons (Fsp3) is 0.190. The summed E-state index contributed by atoms with van der Waals surface area (Å²) in [6.07, 6.45) is 0. The summed E-state index contributed by atoms with van der Waals surface area (Å²) in [4.78, 5) is 0. The SMILES string of the molecule is CCn1nnnc1NCc1c(OCc2ccc(F)cc2)ccc2ccccc12. The molecular weight excluding hydrogens is 357 g/mol. The molecule has 1 N–H and O–H groups in total. The quantitative estimate of drug-likeness (QED) is 0.523. The number of anilines is 1. The highest BCUT2D eigenvalue weighted by Crippen LogP contribution is 2.29. The number of nitrogens with zero attached hydrogens (tertiary/aromatic N) is 4. The lowest BCUT2D eigenvalue weighted by atomic mass is 10.0. The minimum atomic E-state index is -0.256. The topological polar surface area (TPSA) is 64.9 Å². The molecule has 0 amide bonds. The van der Waals surface area contributed by atoms with E-state index in [9.17, 15) is 4.39 Å². The van der Waals surface area contributed by atoms with E-state index in [4.69, 9.17) is 4.74 Å². The van der Waals surface area contributed by atoms with Crippen molar-refractivity contribution in [2.24, 2.45) is 0 Å². The van der Waals surface area contributed by atoms with Gasteiger partial charge in [-0.25, -0.2) is 9.07 Å². The Hall–Kier alpha value is -3.48. The van der Waals surface area contributed by atoms with Crippen molar-refractivity contribution in [1.29, 1.82) is 0 Å². The first-order valence-corrected chi connectivity index (χ1v) is 9.12. The molecule has 0 atom stereocenters. The van der Waals surface area contributed by atoms with E-state index in [2.05, 4.69) is 33.0 Å². The minimum Gasteiger partial charge on any atom is -0.489 e. The second kappa shape index (κ2) is 8.04. The highest BCUT2D eigenvalue weighted by molar-refractivity contribution is 5.88. The van der Waals surface area contributed by atoms with Crippen molar-refractivity contribution in [3.63, 3.8) is 0 Å². The second-order valence-corrected chi connectivity index (χ2v) is 6.35. The lowest BCUT2D eigenvalue weighted by molar-refractivity contribution is 0.303. The van der Waals surface area contributed by atoms with Gasteiger partial charge in [0.2, 0.25) is 5.95 Å². The van der Waals surface area contributed by atoms with Crippen molar-refractivity contribution in [2.45, 2.75) is 26.6 Å². The van der Waals surface area contributed by atoms with Gasteiger partial charge in [-0.05, 0) is 51.9 Å². The Bertz CT molecular complexity index is 1080. The number of tetrazole rings is 1. The summed E-state index contributed by atoms with van der Waals surface area (Å²) in [6, 6.07) is 18.5. The van der Waals surface area contributed by atoms with Crippen molar-refractivity contribution in [3.05, 3.63) is 77.6 Å². The lowest BCUT2D eigenvalue weighted by Crippen LogP contribution is -2.09. The van der Waals surface area contributed by atoms with E-state index in [1.807, 2.05) is 31.2 Å². The first kappa shape index (κ1) is 17.9. The van der Waals surface area contributed by atoms with Crippen LogP contribution in [0.5, 0.6) is 5.75 Å². The monoisotopic (exact) mass is 377 g/mol. The zero-order valence-corrected chi connectivity index (χ0v) is 15.5. The molecule has 0 aliphatic rings. The number of halogens is 1. The van der Waals surface area contributed by atoms with Gasteiger partial charge in [-0.2, -0.15) is 0 Å². The predicted octanol–water partition coefficient (Wildman–Crippen LogP) is 4.18. The fourth-order valence-electron chi connectivity index (χ4n) is 3.09. The zero-order chi connectivity index (χ0) is 19.3. The lowest BCUT2D eigenvalue weighted by Gasteiger charge is -2.15. The number of ether oxygens (including phenoxy) is 1. The second-order valence-electron chi connectivity index (χ2n) is 6.35. The molecule has 142 valence electrons. The number of fused-ring (bicyclic) bond motifs is 1. The van der Waals surface area contributed by atoms with Crippen LogP contribution in [0.25, 0.3) is 10.8 Å². The maximum atomic E-state index is 13.1. The van der Waals surface area contributed by atoms with Crippen LogP contribution in [0.15, 0.2) is 60.7 Å². The Morgan fingerprint density at radius 1 is 1.04 bits per heavy atom. The Kier molecular flexibility index (Phi) is 5.14. The number of hydrogen-bond donors (Lipinski definition) is 1. The van der Waals surface area contributed by atoms with Crippen LogP contribution >= 0.6 is 0 Å². The molecule has 0 aliphatic heterocycles. The molecule has 0 saturated carbocycles. The predicted molar refractivity (Wildman–Crippen MR) is 105 cm³/mol. The van der Waals surface area contributed by atoms with Crippen molar-refractivity contribution in [1.82, 2.24) is 20.2 Å². The first-order valence-electron chi connectivity index (χ1n) is 9.12. The van der Waals surface area contributed by atoms with Gasteiger partial charge < -0.3 is 10.1 Å². The van der Waals surface area contributed by atoms with Gasteiger partial charge >= 0.3 is 0 Å². The van der Waals surface area contributed by atoms with Gasteiger partial charge in [0.05, 0.1) is 0 Å². The molecule has 0 spiro atoms. The highest BCUT2D eigenvalue weighted by Gasteiger charge is 2.11. The summed E-state index contributed by atoms with van der Waals surface area (Å²) in [7, 11) is 0. The number of aromatic nitrogens is 4. The molecular formula is C21H20FN5O. The van der Waals surface area contributed by atoms with E-state index in [1.165, 1.54) is 12.1 Å². The zero-order valence-electron chi connectivity index (χ0n) is 15.5. The first-order chi connectivity index (χ1) is 13.7. The standard InChI is InChI=1S/C21H20FN5O/c1-2-27-21(24-25-26-27)23-13-19-18-6-4-3-5-16(18)9-12-20(19)28-14-15-7-10-17(22)11-8-15/h3-12H,2,13-14H2,1H3,(H,23,24,26). The summed E-state index contributed by atoms with van der Waals surface area (Å²) in [6.45, 7) is 3.54. The maximum absolute atomic E-state index is 13.1. The normalized spacial score (nSPS) is 10.9. The molecule has 6 nitrogen and oxygen atoms in total. The largest absolute Gasteiger partial charge is 0.489 e. The summed E-state index contributed by atoms with van der Waals surface area (Å²) in [5.74, 6) is 1.12. The fourth-order valence-corrected chi connectivity index (χ4v) is 3.09. The van der Waals surface area contributed by atoms with Crippen molar-refractivity contribution in [3.8, 4) is 5.75 Å². The average molecular weight is 377 g/mol. The van der Waals surface area contributed by atoms with E-state index < -0.39 is 0 Å². The maximum Gasteiger partial charge on any atom is 0.243 e. The van der Waals surface area contributed by atoms with Crippen LogP contribution in [0.1, 0.15) is 18.1 Å². The van der Waals surface area contributed by atoms with Crippen LogP contribution in [-0.4, -0.2) is 20.2 Å². The molecule has 0 saturated heterocycles. The molecule has 0 aliphatic carbocycles. The Morgan fingerprint density at radius 3 is 2.68 bits per heavy atom. The van der Waals surface area contributed by atoms with E-state index in [0.29, 0.717) is 25.6 Å². The Labute approximate surface area is 161 Å². The number of hydrogen-bond acceptors (Lipinski definition) is 5. The molecule has 28 heavy (non-hydrogen) atoms. The van der Waals surface area contributed by atoms with Gasteiger partial charge in [0.25, 0.3) is 0 Å². The third-order valence-corrected chi connectivity index (χ3v) is 4.56. The van der Waals surface area contributed by atoms with E-state index in [0.717, 1.165) is 27.6 Å². The smallest absolute Gasteiger partial charge is 0.243 e.